The third-order valence-electron chi connectivity index (χ3n) is 1.44. The number of aromatic nitrogens is 3. The molecular weight excluding hydrogens is 144 g/mol. The van der Waals surface area contributed by atoms with E-state index in [1.807, 2.05) is 19.3 Å². The lowest BCUT2D eigenvalue weighted by molar-refractivity contribution is 0.159. The molecule has 1 aromatic heterocycles. The van der Waals surface area contributed by atoms with Crippen molar-refractivity contribution in [2.75, 3.05) is 0 Å². The van der Waals surface area contributed by atoms with Crippen LogP contribution in [0.4, 0.5) is 0 Å². The minimum Gasteiger partial charge on any atom is -0.316 e. The van der Waals surface area contributed by atoms with E-state index in [9.17, 15) is 0 Å². The molecule has 0 aliphatic rings. The van der Waals surface area contributed by atoms with Gasteiger partial charge in [0.2, 0.25) is 0 Å². The van der Waals surface area contributed by atoms with Gasteiger partial charge in [-0.1, -0.05) is 13.8 Å². The van der Waals surface area contributed by atoms with Crippen molar-refractivity contribution in [3.63, 3.8) is 0 Å². The molecule has 0 amide bonds. The number of nitrogens with zero attached hydrogens (tertiary/aromatic N) is 2. The van der Waals surface area contributed by atoms with Crippen molar-refractivity contribution in [2.24, 2.45) is 0 Å². The summed E-state index contributed by atoms with van der Waals surface area (Å²) in [7, 11) is 0. The van der Waals surface area contributed by atoms with Crippen LogP contribution in [-0.2, 0) is 6.54 Å². The molecule has 5 heteroatoms. The number of rotatable bonds is 3. The maximum atomic E-state index is 8.41. The van der Waals surface area contributed by atoms with Gasteiger partial charge in [0.1, 0.15) is 5.69 Å². The second kappa shape index (κ2) is 3.45. The van der Waals surface area contributed by atoms with Gasteiger partial charge in [0.15, 0.2) is 0 Å². The Labute approximate surface area is 64.8 Å². The van der Waals surface area contributed by atoms with Crippen LogP contribution in [0.25, 0.3) is 0 Å². The molecule has 11 heavy (non-hydrogen) atoms. The predicted molar refractivity (Wildman–Crippen MR) is 39.1 cm³/mol. The lowest BCUT2D eigenvalue weighted by atomic mass is 10.1. The summed E-state index contributed by atoms with van der Waals surface area (Å²) in [5.74, 6) is 0.331. The third kappa shape index (κ3) is 1.75. The molecule has 1 aromatic rings. The first-order valence-electron chi connectivity index (χ1n) is 3.52. The second-order valence-corrected chi connectivity index (χ2v) is 2.65. The highest BCUT2D eigenvalue weighted by molar-refractivity contribution is 5.11. The van der Waals surface area contributed by atoms with Gasteiger partial charge in [0.05, 0.1) is 12.2 Å². The van der Waals surface area contributed by atoms with Crippen molar-refractivity contribution in [1.29, 1.82) is 0 Å². The maximum absolute atomic E-state index is 8.41. The Kier molecular flexibility index (Phi) is 2.56. The molecule has 0 atom stereocenters. The van der Waals surface area contributed by atoms with Crippen LogP contribution in [0.3, 0.4) is 0 Å². The number of hydroxylamine groups is 1. The van der Waals surface area contributed by atoms with E-state index >= 15 is 0 Å². The van der Waals surface area contributed by atoms with E-state index < -0.39 is 0 Å². The molecule has 0 aliphatic heterocycles. The first-order chi connectivity index (χ1) is 5.25. The molecule has 0 saturated carbocycles. The number of aromatic amines is 1. The molecule has 1 heterocycles. The van der Waals surface area contributed by atoms with Crippen LogP contribution in [0.5, 0.6) is 0 Å². The van der Waals surface area contributed by atoms with E-state index in [2.05, 4.69) is 15.4 Å². The molecule has 0 spiro atoms. The third-order valence-corrected chi connectivity index (χ3v) is 1.44. The SMILES string of the molecule is CC(C)c1n[nH]nc1CNO. The minimum absolute atomic E-state index is 0.331. The van der Waals surface area contributed by atoms with E-state index in [0.29, 0.717) is 12.5 Å². The zero-order valence-electron chi connectivity index (χ0n) is 6.63. The lowest BCUT2D eigenvalue weighted by Gasteiger charge is -2.00. The van der Waals surface area contributed by atoms with Gasteiger partial charge in [0, 0.05) is 0 Å². The fourth-order valence-corrected chi connectivity index (χ4v) is 0.928. The van der Waals surface area contributed by atoms with Crippen LogP contribution in [0.15, 0.2) is 0 Å². The zero-order valence-corrected chi connectivity index (χ0v) is 6.63. The molecular formula is C6H12N4O. The van der Waals surface area contributed by atoms with E-state index in [4.69, 9.17) is 5.21 Å². The van der Waals surface area contributed by atoms with E-state index in [0.717, 1.165) is 11.4 Å². The van der Waals surface area contributed by atoms with Crippen LogP contribution in [0.1, 0.15) is 31.2 Å². The summed E-state index contributed by atoms with van der Waals surface area (Å²) in [5, 5.41) is 18.7. The van der Waals surface area contributed by atoms with Gasteiger partial charge in [-0.05, 0) is 5.92 Å². The summed E-state index contributed by atoms with van der Waals surface area (Å²) in [4.78, 5) is 0. The summed E-state index contributed by atoms with van der Waals surface area (Å²) in [6, 6.07) is 0. The molecule has 0 aliphatic carbocycles. The topological polar surface area (TPSA) is 73.8 Å². The Balaban J connectivity index is 2.78. The number of hydrogen-bond donors (Lipinski definition) is 3. The van der Waals surface area contributed by atoms with Crippen molar-refractivity contribution >= 4 is 0 Å². The molecule has 0 saturated heterocycles. The Hall–Kier alpha value is -0.940. The fourth-order valence-electron chi connectivity index (χ4n) is 0.928. The van der Waals surface area contributed by atoms with E-state index in [-0.39, 0.29) is 0 Å². The quantitative estimate of drug-likeness (QED) is 0.554. The average Bonchev–Trinajstić information content (AvgIpc) is 2.36. The van der Waals surface area contributed by atoms with Gasteiger partial charge in [-0.2, -0.15) is 20.9 Å². The van der Waals surface area contributed by atoms with Crippen LogP contribution >= 0.6 is 0 Å². The Morgan fingerprint density at radius 3 is 2.82 bits per heavy atom. The highest BCUT2D eigenvalue weighted by atomic mass is 16.5. The molecule has 1 rings (SSSR count). The molecule has 62 valence electrons. The van der Waals surface area contributed by atoms with Crippen LogP contribution in [0, 0.1) is 0 Å². The Morgan fingerprint density at radius 2 is 2.27 bits per heavy atom. The van der Waals surface area contributed by atoms with E-state index in [1.165, 1.54) is 0 Å². The van der Waals surface area contributed by atoms with Crippen LogP contribution in [0.2, 0.25) is 0 Å². The van der Waals surface area contributed by atoms with Crippen molar-refractivity contribution in [1.82, 2.24) is 20.9 Å². The van der Waals surface area contributed by atoms with Crippen molar-refractivity contribution in [3.05, 3.63) is 11.4 Å². The average molecular weight is 156 g/mol. The first kappa shape index (κ1) is 8.16. The van der Waals surface area contributed by atoms with E-state index in [1.54, 1.807) is 0 Å². The van der Waals surface area contributed by atoms with Gasteiger partial charge in [-0.15, -0.1) is 0 Å². The normalized spacial score (nSPS) is 10.9. The molecule has 0 aromatic carbocycles. The molecule has 0 fully saturated rings. The summed E-state index contributed by atoms with van der Waals surface area (Å²) in [6.45, 7) is 4.39. The Morgan fingerprint density at radius 1 is 1.55 bits per heavy atom. The highest BCUT2D eigenvalue weighted by Gasteiger charge is 2.09. The second-order valence-electron chi connectivity index (χ2n) is 2.65. The summed E-state index contributed by atoms with van der Waals surface area (Å²) in [5.41, 5.74) is 3.70. The maximum Gasteiger partial charge on any atom is 0.102 e. The molecule has 0 unspecified atom stereocenters. The monoisotopic (exact) mass is 156 g/mol. The first-order valence-corrected chi connectivity index (χ1v) is 3.52. The van der Waals surface area contributed by atoms with Crippen LogP contribution in [-0.4, -0.2) is 20.6 Å². The summed E-state index contributed by atoms with van der Waals surface area (Å²) >= 11 is 0. The fraction of sp³-hybridized carbons (Fsp3) is 0.667. The summed E-state index contributed by atoms with van der Waals surface area (Å²) in [6.07, 6.45) is 0. The highest BCUT2D eigenvalue weighted by Crippen LogP contribution is 2.13. The summed E-state index contributed by atoms with van der Waals surface area (Å²) < 4.78 is 0. The van der Waals surface area contributed by atoms with Crippen LogP contribution < -0.4 is 5.48 Å². The number of nitrogens with one attached hydrogen (secondary N) is 2. The standard InChI is InChI=1S/C6H12N4O/c1-4(2)6-5(3-7-11)8-10-9-6/h4,7,11H,3H2,1-2H3,(H,8,9,10). The molecule has 5 nitrogen and oxygen atoms in total. The van der Waals surface area contributed by atoms with Crippen molar-refractivity contribution in [3.8, 4) is 0 Å². The van der Waals surface area contributed by atoms with Gasteiger partial charge in [0.25, 0.3) is 0 Å². The van der Waals surface area contributed by atoms with Gasteiger partial charge in [-0.25, -0.2) is 0 Å². The smallest absolute Gasteiger partial charge is 0.102 e. The molecule has 0 bridgehead atoms. The largest absolute Gasteiger partial charge is 0.316 e. The number of H-pyrrole nitrogens is 1. The Bertz CT molecular complexity index is 220. The lowest BCUT2D eigenvalue weighted by Crippen LogP contribution is -2.09. The minimum atomic E-state index is 0.331. The van der Waals surface area contributed by atoms with Gasteiger partial charge >= 0.3 is 0 Å². The predicted octanol–water partition coefficient (Wildman–Crippen LogP) is 0.407. The number of hydrogen-bond acceptors (Lipinski definition) is 4. The molecule has 3 N–H and O–H groups in total. The van der Waals surface area contributed by atoms with Gasteiger partial charge in [-0.3, -0.25) is 0 Å². The zero-order chi connectivity index (χ0) is 8.27. The van der Waals surface area contributed by atoms with Gasteiger partial charge < -0.3 is 5.21 Å². The molecule has 0 radical (unpaired) electrons. The van der Waals surface area contributed by atoms with Crippen molar-refractivity contribution in [2.45, 2.75) is 26.3 Å². The van der Waals surface area contributed by atoms with Crippen molar-refractivity contribution < 1.29 is 5.21 Å².